The molecule has 0 aromatic carbocycles. The van der Waals surface area contributed by atoms with Gasteiger partial charge in [0.25, 0.3) is 0 Å². The molecule has 60 heavy (non-hydrogen) atoms. The summed E-state index contributed by atoms with van der Waals surface area (Å²) >= 11 is 0. The van der Waals surface area contributed by atoms with E-state index < -0.39 is 18.2 Å². The highest BCUT2D eigenvalue weighted by Gasteiger charge is 2.24. The van der Waals surface area contributed by atoms with Crippen LogP contribution in [0.2, 0.25) is 0 Å². The first-order chi connectivity index (χ1) is 29.5. The van der Waals surface area contributed by atoms with Crippen molar-refractivity contribution in [1.82, 2.24) is 5.32 Å². The van der Waals surface area contributed by atoms with Gasteiger partial charge in [-0.1, -0.05) is 223 Å². The van der Waals surface area contributed by atoms with Gasteiger partial charge in [0.05, 0.1) is 25.2 Å². The topological polar surface area (TPSA) is 95.9 Å². The number of amides is 1. The van der Waals surface area contributed by atoms with E-state index in [2.05, 4.69) is 86.8 Å². The van der Waals surface area contributed by atoms with Gasteiger partial charge >= 0.3 is 5.97 Å². The summed E-state index contributed by atoms with van der Waals surface area (Å²) in [5, 5.41) is 23.7. The number of unbranched alkanes of at least 4 members (excludes halogenated alkanes) is 23. The molecule has 0 aliphatic rings. The van der Waals surface area contributed by atoms with Crippen LogP contribution in [-0.4, -0.2) is 46.9 Å². The summed E-state index contributed by atoms with van der Waals surface area (Å²) in [7, 11) is 0. The second-order valence-corrected chi connectivity index (χ2v) is 17.2. The number of hydrogen-bond acceptors (Lipinski definition) is 5. The fourth-order valence-corrected chi connectivity index (χ4v) is 7.52. The molecule has 3 unspecified atom stereocenters. The van der Waals surface area contributed by atoms with Gasteiger partial charge in [0.15, 0.2) is 0 Å². The van der Waals surface area contributed by atoms with Crippen molar-refractivity contribution in [2.45, 2.75) is 264 Å². The molecular formula is C54H97NO5. The number of aliphatic hydroxyl groups is 2. The maximum Gasteiger partial charge on any atom is 0.306 e. The van der Waals surface area contributed by atoms with Gasteiger partial charge in [-0.25, -0.2) is 0 Å². The van der Waals surface area contributed by atoms with E-state index in [1.807, 2.05) is 0 Å². The lowest BCUT2D eigenvalue weighted by Gasteiger charge is -2.24. The average molecular weight is 840 g/mol. The summed E-state index contributed by atoms with van der Waals surface area (Å²) in [5.74, 6) is -0.512. The van der Waals surface area contributed by atoms with Crippen molar-refractivity contribution in [2.24, 2.45) is 0 Å². The smallest absolute Gasteiger partial charge is 0.306 e. The van der Waals surface area contributed by atoms with Crippen molar-refractivity contribution >= 4 is 11.9 Å². The molecular weight excluding hydrogens is 743 g/mol. The lowest BCUT2D eigenvalue weighted by Crippen LogP contribution is -2.46. The zero-order valence-electron chi connectivity index (χ0n) is 39.6. The molecule has 0 saturated carbocycles. The van der Waals surface area contributed by atoms with Crippen molar-refractivity contribution < 1.29 is 24.5 Å². The Morgan fingerprint density at radius 1 is 0.500 bits per heavy atom. The number of carbonyl (C=O) groups is 2. The number of allylic oxidation sites excluding steroid dienone is 10. The van der Waals surface area contributed by atoms with Gasteiger partial charge in [0.2, 0.25) is 5.91 Å². The van der Waals surface area contributed by atoms with Gasteiger partial charge in [0.1, 0.15) is 6.10 Å². The van der Waals surface area contributed by atoms with Crippen molar-refractivity contribution in [1.29, 1.82) is 0 Å². The van der Waals surface area contributed by atoms with Gasteiger partial charge in [-0.3, -0.25) is 9.59 Å². The Morgan fingerprint density at radius 2 is 0.900 bits per heavy atom. The van der Waals surface area contributed by atoms with Crippen LogP contribution in [0.25, 0.3) is 0 Å². The monoisotopic (exact) mass is 840 g/mol. The summed E-state index contributed by atoms with van der Waals surface area (Å²) in [6.07, 6.45) is 58.6. The molecule has 1 amide bonds. The fraction of sp³-hybridized carbons (Fsp3) is 0.778. The number of hydrogen-bond donors (Lipinski definition) is 3. The third-order valence-electron chi connectivity index (χ3n) is 11.4. The Kier molecular flexibility index (Phi) is 45.7. The molecule has 3 atom stereocenters. The summed E-state index contributed by atoms with van der Waals surface area (Å²) < 4.78 is 5.89. The molecule has 0 radical (unpaired) electrons. The summed E-state index contributed by atoms with van der Waals surface area (Å²) in [6.45, 7) is 6.34. The maximum atomic E-state index is 13.1. The molecule has 0 aliphatic carbocycles. The van der Waals surface area contributed by atoms with Gasteiger partial charge in [-0.15, -0.1) is 0 Å². The highest BCUT2D eigenvalue weighted by molar-refractivity contribution is 5.77. The summed E-state index contributed by atoms with van der Waals surface area (Å²) in [5.41, 5.74) is 0. The Hall–Kier alpha value is -2.44. The Bertz CT molecular complexity index is 1080. The number of nitrogens with one attached hydrogen (secondary N) is 1. The first-order valence-electron chi connectivity index (χ1n) is 25.5. The standard InChI is InChI=1S/C54H97NO5/c1-4-7-10-13-16-19-21-23-25-26-27-28-29-31-33-35-38-41-44-47-54(59)60-50(45-42-39-36-18-15-12-9-6-3)48-53(58)55-51(49-56)52(57)46-43-40-37-34-32-30-24-22-20-17-14-11-8-5-2/h7,10,16,19,23,25,27-28,31,33,50-52,56-57H,4-6,8-9,11-15,17-18,20-22,24,26,29-30,32,34-49H2,1-3H3,(H,55,58)/b10-7-,19-16-,25-23-,28-27-,33-31-. The van der Waals surface area contributed by atoms with Crippen LogP contribution in [0.3, 0.4) is 0 Å². The first kappa shape index (κ1) is 57.6. The third-order valence-corrected chi connectivity index (χ3v) is 11.4. The highest BCUT2D eigenvalue weighted by Crippen LogP contribution is 2.18. The first-order valence-corrected chi connectivity index (χ1v) is 25.5. The molecule has 0 heterocycles. The van der Waals surface area contributed by atoms with Crippen LogP contribution in [0.5, 0.6) is 0 Å². The number of aliphatic hydroxyl groups excluding tert-OH is 2. The van der Waals surface area contributed by atoms with E-state index in [9.17, 15) is 19.8 Å². The summed E-state index contributed by atoms with van der Waals surface area (Å²) in [4.78, 5) is 26.0. The second kappa shape index (κ2) is 47.6. The minimum Gasteiger partial charge on any atom is -0.462 e. The van der Waals surface area contributed by atoms with Crippen LogP contribution < -0.4 is 5.32 Å². The average Bonchev–Trinajstić information content (AvgIpc) is 3.24. The normalized spacial score (nSPS) is 13.8. The minimum atomic E-state index is -0.792. The van der Waals surface area contributed by atoms with E-state index in [4.69, 9.17) is 4.74 Å². The molecule has 348 valence electrons. The number of ether oxygens (including phenoxy) is 1. The molecule has 0 aliphatic heterocycles. The molecule has 0 aromatic rings. The third kappa shape index (κ3) is 42.3. The molecule has 0 spiro atoms. The Labute approximate surface area is 371 Å². The van der Waals surface area contributed by atoms with Gasteiger partial charge in [-0.05, 0) is 70.6 Å². The van der Waals surface area contributed by atoms with E-state index in [1.54, 1.807) is 0 Å². The predicted molar refractivity (Wildman–Crippen MR) is 259 cm³/mol. The van der Waals surface area contributed by atoms with E-state index in [0.717, 1.165) is 96.3 Å². The number of esters is 1. The van der Waals surface area contributed by atoms with Gasteiger partial charge in [0, 0.05) is 6.42 Å². The van der Waals surface area contributed by atoms with Crippen LogP contribution >= 0.6 is 0 Å². The van der Waals surface area contributed by atoms with Crippen molar-refractivity contribution in [3.8, 4) is 0 Å². The number of carbonyl (C=O) groups excluding carboxylic acids is 2. The van der Waals surface area contributed by atoms with Crippen LogP contribution in [0.4, 0.5) is 0 Å². The molecule has 0 saturated heterocycles. The van der Waals surface area contributed by atoms with E-state index in [1.165, 1.54) is 103 Å². The van der Waals surface area contributed by atoms with Crippen molar-refractivity contribution in [3.63, 3.8) is 0 Å². The molecule has 6 nitrogen and oxygen atoms in total. The molecule has 3 N–H and O–H groups in total. The van der Waals surface area contributed by atoms with Crippen LogP contribution in [0.1, 0.15) is 245 Å². The van der Waals surface area contributed by atoms with E-state index >= 15 is 0 Å². The Morgan fingerprint density at radius 3 is 1.35 bits per heavy atom. The van der Waals surface area contributed by atoms with E-state index in [-0.39, 0.29) is 24.9 Å². The quantitative estimate of drug-likeness (QED) is 0.0322. The lowest BCUT2D eigenvalue weighted by molar-refractivity contribution is -0.151. The van der Waals surface area contributed by atoms with Crippen LogP contribution in [0.15, 0.2) is 60.8 Å². The SMILES string of the molecule is CC/C=C\C/C=C\C/C=C\C/C=C\C/C=C\CCCCCC(=O)OC(CCCCCCCCCC)CC(=O)NC(CO)C(O)CCCCCCCCCCCCCCCC. The van der Waals surface area contributed by atoms with Crippen molar-refractivity contribution in [3.05, 3.63) is 60.8 Å². The zero-order valence-corrected chi connectivity index (χ0v) is 39.6. The highest BCUT2D eigenvalue weighted by atomic mass is 16.5. The molecule has 0 rings (SSSR count). The van der Waals surface area contributed by atoms with Crippen LogP contribution in [-0.2, 0) is 14.3 Å². The minimum absolute atomic E-state index is 0.0639. The van der Waals surface area contributed by atoms with Gasteiger partial charge < -0.3 is 20.3 Å². The lowest BCUT2D eigenvalue weighted by atomic mass is 10.0. The molecule has 0 fully saturated rings. The Balaban J connectivity index is 4.47. The van der Waals surface area contributed by atoms with Crippen LogP contribution in [0, 0.1) is 0 Å². The second-order valence-electron chi connectivity index (χ2n) is 17.2. The fourth-order valence-electron chi connectivity index (χ4n) is 7.52. The molecule has 6 heteroatoms. The van der Waals surface area contributed by atoms with E-state index in [0.29, 0.717) is 19.3 Å². The zero-order chi connectivity index (χ0) is 43.8. The summed E-state index contributed by atoms with van der Waals surface area (Å²) in [6, 6.07) is -0.707. The van der Waals surface area contributed by atoms with Gasteiger partial charge in [-0.2, -0.15) is 0 Å². The predicted octanol–water partition coefficient (Wildman–Crippen LogP) is 15.2. The maximum absolute atomic E-state index is 13.1. The largest absolute Gasteiger partial charge is 0.462 e. The molecule has 0 aromatic heterocycles. The van der Waals surface area contributed by atoms with Crippen molar-refractivity contribution in [2.75, 3.05) is 6.61 Å². The molecule has 0 bridgehead atoms. The number of rotatable bonds is 45.